The van der Waals surface area contributed by atoms with Crippen LogP contribution in [0.15, 0.2) is 78.9 Å². The molecule has 2 aliphatic rings. The van der Waals surface area contributed by atoms with Gasteiger partial charge in [-0.25, -0.2) is 0 Å². The average Bonchev–Trinajstić information content (AvgIpc) is 3.43. The van der Waals surface area contributed by atoms with E-state index in [4.69, 9.17) is 11.6 Å². The number of aromatic amines is 1. The number of carbonyl (C=O) groups is 2. The first kappa shape index (κ1) is 21.6. The molecular weight excluding hydrogens is 460 g/mol. The quantitative estimate of drug-likeness (QED) is 0.389. The second-order valence-corrected chi connectivity index (χ2v) is 9.72. The highest BCUT2D eigenvalue weighted by atomic mass is 35.5. The number of nitrogens with one attached hydrogen (secondary N) is 2. The Kier molecular flexibility index (Phi) is 5.00. The number of aromatic nitrogens is 2. The number of aryl methyl sites for hydroxylation is 1. The molecule has 2 heterocycles. The van der Waals surface area contributed by atoms with Gasteiger partial charge in [0.25, 0.3) is 5.91 Å². The van der Waals surface area contributed by atoms with E-state index in [2.05, 4.69) is 21.6 Å². The zero-order valence-corrected chi connectivity index (χ0v) is 19.8. The number of benzene rings is 3. The van der Waals surface area contributed by atoms with Crippen LogP contribution >= 0.6 is 11.6 Å². The first-order valence-electron chi connectivity index (χ1n) is 11.5. The van der Waals surface area contributed by atoms with E-state index in [-0.39, 0.29) is 17.7 Å². The Morgan fingerprint density at radius 1 is 1.11 bits per heavy atom. The molecule has 4 aromatic rings. The van der Waals surface area contributed by atoms with Crippen LogP contribution in [0, 0.1) is 6.92 Å². The summed E-state index contributed by atoms with van der Waals surface area (Å²) in [5.41, 5.74) is 4.89. The van der Waals surface area contributed by atoms with E-state index in [1.165, 1.54) is 0 Å². The number of carbonyl (C=O) groups excluding carboxylic acids is 2. The third-order valence-corrected chi connectivity index (χ3v) is 7.26. The zero-order chi connectivity index (χ0) is 24.2. The summed E-state index contributed by atoms with van der Waals surface area (Å²) in [5.74, 6) is 0.478. The number of halogens is 1. The topological polar surface area (TPSA) is 78.1 Å². The third-order valence-electron chi connectivity index (χ3n) is 7.01. The Morgan fingerprint density at radius 3 is 2.69 bits per heavy atom. The molecule has 7 heteroatoms. The molecule has 1 aromatic heterocycles. The molecule has 2 atom stereocenters. The molecule has 1 aliphatic heterocycles. The number of fused-ring (bicyclic) bond motifs is 2. The van der Waals surface area contributed by atoms with Gasteiger partial charge < -0.3 is 10.2 Å². The highest BCUT2D eigenvalue weighted by molar-refractivity contribution is 6.30. The molecule has 3 aromatic carbocycles. The molecule has 174 valence electrons. The van der Waals surface area contributed by atoms with Crippen LogP contribution in [0.3, 0.4) is 0 Å². The van der Waals surface area contributed by atoms with Crippen LogP contribution in [0.1, 0.15) is 45.1 Å². The molecule has 35 heavy (non-hydrogen) atoms. The number of amides is 2. The van der Waals surface area contributed by atoms with Crippen LogP contribution in [-0.2, 0) is 16.8 Å². The van der Waals surface area contributed by atoms with Gasteiger partial charge in [-0.05, 0) is 60.4 Å². The van der Waals surface area contributed by atoms with Gasteiger partial charge in [-0.1, -0.05) is 54.1 Å². The van der Waals surface area contributed by atoms with Crippen LogP contribution in [0.25, 0.3) is 0 Å². The summed E-state index contributed by atoms with van der Waals surface area (Å²) in [7, 11) is 0. The molecule has 1 fully saturated rings. The predicted octanol–water partition coefficient (Wildman–Crippen LogP) is 5.60. The lowest BCUT2D eigenvalue weighted by Gasteiger charge is -2.19. The maximum Gasteiger partial charge on any atom is 0.256 e. The largest absolute Gasteiger partial charge is 0.307 e. The standard InChI is InChI=1S/C28H23ClN4O2/c1-17-13-25(32-31-17)30-26(34)20-6-4-5-18(14-20)16-33-24-8-3-2-7-22(24)28(27(33)35)15-23(28)19-9-11-21(29)12-10-19/h2-14,23H,15-16H2,1H3,(H2,30,31,32,34)/t23-,28-/m0/s1. The van der Waals surface area contributed by atoms with Crippen molar-refractivity contribution in [2.45, 2.75) is 31.2 Å². The summed E-state index contributed by atoms with van der Waals surface area (Å²) in [6.45, 7) is 2.27. The van der Waals surface area contributed by atoms with Gasteiger partial charge in [0.15, 0.2) is 5.82 Å². The van der Waals surface area contributed by atoms with Crippen LogP contribution in [0.2, 0.25) is 5.02 Å². The first-order chi connectivity index (χ1) is 17.0. The van der Waals surface area contributed by atoms with Crippen molar-refractivity contribution < 1.29 is 9.59 Å². The van der Waals surface area contributed by atoms with Crippen molar-refractivity contribution in [2.75, 3.05) is 10.2 Å². The van der Waals surface area contributed by atoms with Gasteiger partial charge in [0.05, 0.1) is 12.0 Å². The van der Waals surface area contributed by atoms with Crippen molar-refractivity contribution in [3.63, 3.8) is 0 Å². The Bertz CT molecular complexity index is 1460. The molecule has 1 saturated carbocycles. The molecule has 6 rings (SSSR count). The van der Waals surface area contributed by atoms with Gasteiger partial charge in [-0.15, -0.1) is 0 Å². The summed E-state index contributed by atoms with van der Waals surface area (Å²) in [6, 6.07) is 25.0. The minimum absolute atomic E-state index is 0.112. The lowest BCUT2D eigenvalue weighted by molar-refractivity contribution is -0.120. The SMILES string of the molecule is Cc1cc(NC(=O)c2cccc(CN3C(=O)[C@@]4(C[C@H]4c4ccc(Cl)cc4)c4ccccc43)c2)n[nH]1. The van der Waals surface area contributed by atoms with Crippen molar-refractivity contribution in [1.82, 2.24) is 10.2 Å². The summed E-state index contributed by atoms with van der Waals surface area (Å²) < 4.78 is 0. The minimum Gasteiger partial charge on any atom is -0.307 e. The molecule has 0 radical (unpaired) electrons. The molecule has 0 bridgehead atoms. The molecule has 2 amide bonds. The number of nitrogens with zero attached hydrogens (tertiary/aromatic N) is 2. The maximum absolute atomic E-state index is 13.9. The smallest absolute Gasteiger partial charge is 0.256 e. The van der Waals surface area contributed by atoms with Crippen LogP contribution in [-0.4, -0.2) is 22.0 Å². The Balaban J connectivity index is 1.27. The highest BCUT2D eigenvalue weighted by Crippen LogP contribution is 2.66. The van der Waals surface area contributed by atoms with E-state index in [0.29, 0.717) is 22.9 Å². The monoisotopic (exact) mass is 482 g/mol. The van der Waals surface area contributed by atoms with Crippen molar-refractivity contribution in [1.29, 1.82) is 0 Å². The zero-order valence-electron chi connectivity index (χ0n) is 19.1. The lowest BCUT2D eigenvalue weighted by Crippen LogP contribution is -2.32. The van der Waals surface area contributed by atoms with Crippen LogP contribution < -0.4 is 10.2 Å². The number of para-hydroxylation sites is 1. The number of anilines is 2. The average molecular weight is 483 g/mol. The van der Waals surface area contributed by atoms with Gasteiger partial charge in [0.1, 0.15) is 0 Å². The number of rotatable bonds is 5. The second kappa shape index (κ2) is 8.10. The van der Waals surface area contributed by atoms with E-state index >= 15 is 0 Å². The van der Waals surface area contributed by atoms with Gasteiger partial charge in [0.2, 0.25) is 5.91 Å². The predicted molar refractivity (Wildman–Crippen MR) is 136 cm³/mol. The normalized spacial score (nSPS) is 20.2. The van der Waals surface area contributed by atoms with Crippen LogP contribution in [0.4, 0.5) is 11.5 Å². The minimum atomic E-state index is -0.531. The Morgan fingerprint density at radius 2 is 1.91 bits per heavy atom. The van der Waals surface area contributed by atoms with Crippen molar-refractivity contribution in [3.05, 3.63) is 112 Å². The number of hydrogen-bond acceptors (Lipinski definition) is 3. The van der Waals surface area contributed by atoms with E-state index < -0.39 is 5.41 Å². The highest BCUT2D eigenvalue weighted by Gasteiger charge is 2.67. The molecular formula is C28H23ClN4O2. The summed E-state index contributed by atoms with van der Waals surface area (Å²) >= 11 is 6.08. The summed E-state index contributed by atoms with van der Waals surface area (Å²) in [6.07, 6.45) is 0.784. The van der Waals surface area contributed by atoms with Crippen molar-refractivity contribution >= 4 is 34.9 Å². The summed E-state index contributed by atoms with van der Waals surface area (Å²) in [5, 5.41) is 10.4. The molecule has 1 aliphatic carbocycles. The van der Waals surface area contributed by atoms with Crippen molar-refractivity contribution in [2.24, 2.45) is 0 Å². The number of hydrogen-bond donors (Lipinski definition) is 2. The van der Waals surface area contributed by atoms with Gasteiger partial charge in [0, 0.05) is 34.0 Å². The molecule has 0 saturated heterocycles. The van der Waals surface area contributed by atoms with Gasteiger partial charge >= 0.3 is 0 Å². The Hall–Kier alpha value is -3.90. The van der Waals surface area contributed by atoms with E-state index in [0.717, 1.165) is 34.5 Å². The first-order valence-corrected chi connectivity index (χ1v) is 11.9. The fraction of sp³-hybridized carbons (Fsp3) is 0.179. The molecule has 1 spiro atoms. The van der Waals surface area contributed by atoms with E-state index in [9.17, 15) is 9.59 Å². The molecule has 6 nitrogen and oxygen atoms in total. The summed E-state index contributed by atoms with van der Waals surface area (Å²) in [4.78, 5) is 28.5. The van der Waals surface area contributed by atoms with Gasteiger partial charge in [-0.2, -0.15) is 5.10 Å². The third kappa shape index (κ3) is 3.61. The van der Waals surface area contributed by atoms with E-state index in [1.807, 2.05) is 72.5 Å². The van der Waals surface area contributed by atoms with E-state index in [1.54, 1.807) is 12.1 Å². The maximum atomic E-state index is 13.9. The molecule has 0 unspecified atom stereocenters. The Labute approximate surface area is 207 Å². The van der Waals surface area contributed by atoms with Crippen molar-refractivity contribution in [3.8, 4) is 0 Å². The fourth-order valence-corrected chi connectivity index (χ4v) is 5.39. The van der Waals surface area contributed by atoms with Gasteiger partial charge in [-0.3, -0.25) is 14.7 Å². The second-order valence-electron chi connectivity index (χ2n) is 9.28. The fourth-order valence-electron chi connectivity index (χ4n) is 5.27. The van der Waals surface area contributed by atoms with Crippen LogP contribution in [0.5, 0.6) is 0 Å². The lowest BCUT2D eigenvalue weighted by atomic mass is 9.92. The molecule has 2 N–H and O–H groups in total. The number of H-pyrrole nitrogens is 1.